The molecule has 0 saturated heterocycles. The molecule has 1 aliphatic heterocycles. The molecule has 17 heavy (non-hydrogen) atoms. The molecular formula is C14H22N2S. The molecule has 1 aliphatic rings. The van der Waals surface area contributed by atoms with Crippen molar-refractivity contribution in [2.45, 2.75) is 25.8 Å². The van der Waals surface area contributed by atoms with Crippen LogP contribution in [0.15, 0.2) is 24.3 Å². The highest BCUT2D eigenvalue weighted by atomic mass is 32.2. The number of benzene rings is 1. The zero-order valence-electron chi connectivity index (χ0n) is 10.6. The van der Waals surface area contributed by atoms with Crippen molar-refractivity contribution in [2.75, 3.05) is 29.5 Å². The first-order chi connectivity index (χ1) is 8.36. The highest BCUT2D eigenvalue weighted by Crippen LogP contribution is 2.30. The van der Waals surface area contributed by atoms with Crippen LogP contribution in [0.1, 0.15) is 18.9 Å². The zero-order chi connectivity index (χ0) is 12.1. The van der Waals surface area contributed by atoms with Gasteiger partial charge < -0.3 is 10.6 Å². The average molecular weight is 250 g/mol. The van der Waals surface area contributed by atoms with Crippen molar-refractivity contribution >= 4 is 17.4 Å². The van der Waals surface area contributed by atoms with Gasteiger partial charge in [-0.15, -0.1) is 0 Å². The molecule has 2 rings (SSSR count). The maximum Gasteiger partial charge on any atom is 0.0420 e. The van der Waals surface area contributed by atoms with Gasteiger partial charge in [-0.3, -0.25) is 0 Å². The fourth-order valence-corrected chi connectivity index (χ4v) is 3.24. The third kappa shape index (κ3) is 2.96. The summed E-state index contributed by atoms with van der Waals surface area (Å²) in [5, 5.41) is 0. The molecule has 1 aromatic rings. The second-order valence-electron chi connectivity index (χ2n) is 4.45. The number of hydrogen-bond acceptors (Lipinski definition) is 3. The Labute approximate surface area is 109 Å². The van der Waals surface area contributed by atoms with Gasteiger partial charge in [0.1, 0.15) is 0 Å². The summed E-state index contributed by atoms with van der Waals surface area (Å²) in [5.74, 6) is 2.42. The molecule has 0 fully saturated rings. The minimum absolute atomic E-state index is 0.512. The highest BCUT2D eigenvalue weighted by molar-refractivity contribution is 7.99. The maximum absolute atomic E-state index is 5.94. The lowest BCUT2D eigenvalue weighted by Gasteiger charge is -2.29. The van der Waals surface area contributed by atoms with E-state index in [9.17, 15) is 0 Å². The molecule has 1 unspecified atom stereocenters. The number of anilines is 1. The lowest BCUT2D eigenvalue weighted by atomic mass is 10.1. The first kappa shape index (κ1) is 12.8. The molecule has 0 aliphatic carbocycles. The lowest BCUT2D eigenvalue weighted by Crippen LogP contribution is -2.40. The molecule has 0 amide bonds. The van der Waals surface area contributed by atoms with Crippen LogP contribution in [-0.2, 0) is 6.42 Å². The summed E-state index contributed by atoms with van der Waals surface area (Å²) in [6, 6.07) is 9.25. The van der Waals surface area contributed by atoms with Crippen molar-refractivity contribution in [1.82, 2.24) is 0 Å². The number of hydrogen-bond donors (Lipinski definition) is 1. The zero-order valence-corrected chi connectivity index (χ0v) is 11.4. The monoisotopic (exact) mass is 250 g/mol. The van der Waals surface area contributed by atoms with E-state index in [2.05, 4.69) is 36.1 Å². The van der Waals surface area contributed by atoms with E-state index >= 15 is 0 Å². The van der Waals surface area contributed by atoms with Gasteiger partial charge in [0, 0.05) is 24.8 Å². The summed E-state index contributed by atoms with van der Waals surface area (Å²) in [6.45, 7) is 4.11. The van der Waals surface area contributed by atoms with Crippen LogP contribution in [0, 0.1) is 0 Å². The van der Waals surface area contributed by atoms with Crippen LogP contribution in [0.3, 0.4) is 0 Å². The maximum atomic E-state index is 5.94. The molecule has 0 spiro atoms. The topological polar surface area (TPSA) is 29.3 Å². The van der Waals surface area contributed by atoms with Crippen molar-refractivity contribution in [3.63, 3.8) is 0 Å². The molecule has 2 N–H and O–H groups in total. The van der Waals surface area contributed by atoms with Crippen molar-refractivity contribution in [3.05, 3.63) is 29.8 Å². The van der Waals surface area contributed by atoms with Gasteiger partial charge >= 0.3 is 0 Å². The molecule has 0 aromatic heterocycles. The number of rotatable bonds is 6. The molecule has 1 heterocycles. The highest BCUT2D eigenvalue weighted by Gasteiger charge is 2.24. The normalized spacial score (nSPS) is 16.0. The Morgan fingerprint density at radius 3 is 3.00 bits per heavy atom. The Morgan fingerprint density at radius 2 is 2.24 bits per heavy atom. The van der Waals surface area contributed by atoms with Crippen LogP contribution in [-0.4, -0.2) is 30.6 Å². The Kier molecular flexibility index (Phi) is 4.75. The fraction of sp³-hybridized carbons (Fsp3) is 0.571. The minimum atomic E-state index is 0.512. The molecular weight excluding hydrogens is 228 g/mol. The van der Waals surface area contributed by atoms with E-state index in [-0.39, 0.29) is 0 Å². The smallest absolute Gasteiger partial charge is 0.0420 e. The van der Waals surface area contributed by atoms with E-state index in [1.54, 1.807) is 0 Å². The first-order valence-electron chi connectivity index (χ1n) is 6.49. The molecule has 0 radical (unpaired) electrons. The van der Waals surface area contributed by atoms with E-state index in [1.807, 2.05) is 11.8 Å². The van der Waals surface area contributed by atoms with Gasteiger partial charge in [0.25, 0.3) is 0 Å². The van der Waals surface area contributed by atoms with E-state index in [0.717, 1.165) is 13.1 Å². The Morgan fingerprint density at radius 1 is 1.41 bits per heavy atom. The Balaban J connectivity index is 2.01. The number of nitrogens with zero attached hydrogens (tertiary/aromatic N) is 1. The molecule has 2 nitrogen and oxygen atoms in total. The first-order valence-corrected chi connectivity index (χ1v) is 7.64. The van der Waals surface area contributed by atoms with Crippen molar-refractivity contribution in [1.29, 1.82) is 0 Å². The largest absolute Gasteiger partial charge is 0.367 e. The van der Waals surface area contributed by atoms with Crippen molar-refractivity contribution < 1.29 is 0 Å². The average Bonchev–Trinajstić information content (AvgIpc) is 2.79. The minimum Gasteiger partial charge on any atom is -0.367 e. The van der Waals surface area contributed by atoms with E-state index in [1.165, 1.54) is 35.6 Å². The van der Waals surface area contributed by atoms with Gasteiger partial charge in [-0.2, -0.15) is 11.8 Å². The molecule has 0 saturated carbocycles. The van der Waals surface area contributed by atoms with Gasteiger partial charge in [-0.1, -0.05) is 25.1 Å². The molecule has 0 bridgehead atoms. The Hall–Kier alpha value is -0.670. The summed E-state index contributed by atoms with van der Waals surface area (Å²) >= 11 is 2.01. The van der Waals surface area contributed by atoms with Gasteiger partial charge in [0.2, 0.25) is 0 Å². The third-order valence-electron chi connectivity index (χ3n) is 3.44. The summed E-state index contributed by atoms with van der Waals surface area (Å²) in [7, 11) is 0. The molecule has 94 valence electrons. The number of nitrogens with two attached hydrogens (primary N) is 1. The summed E-state index contributed by atoms with van der Waals surface area (Å²) in [6.07, 6.45) is 2.37. The Bertz CT molecular complexity index is 354. The van der Waals surface area contributed by atoms with Crippen LogP contribution < -0.4 is 10.6 Å². The molecule has 3 heteroatoms. The van der Waals surface area contributed by atoms with Crippen molar-refractivity contribution in [3.8, 4) is 0 Å². The number of para-hydroxylation sites is 1. The van der Waals surface area contributed by atoms with E-state index in [0.29, 0.717) is 6.04 Å². The SMILES string of the molecule is CCSCCC(CN)N1CCc2ccccc21. The van der Waals surface area contributed by atoms with Gasteiger partial charge in [-0.25, -0.2) is 0 Å². The number of thioether (sulfide) groups is 1. The van der Waals surface area contributed by atoms with Crippen LogP contribution >= 0.6 is 11.8 Å². The van der Waals surface area contributed by atoms with Crippen LogP contribution in [0.25, 0.3) is 0 Å². The molecule has 1 aromatic carbocycles. The van der Waals surface area contributed by atoms with Crippen LogP contribution in [0.2, 0.25) is 0 Å². The van der Waals surface area contributed by atoms with Crippen molar-refractivity contribution in [2.24, 2.45) is 5.73 Å². The second kappa shape index (κ2) is 6.31. The van der Waals surface area contributed by atoms with Gasteiger partial charge in [0.05, 0.1) is 0 Å². The van der Waals surface area contributed by atoms with E-state index in [4.69, 9.17) is 5.73 Å². The summed E-state index contributed by atoms with van der Waals surface area (Å²) in [5.41, 5.74) is 8.83. The van der Waals surface area contributed by atoms with Crippen LogP contribution in [0.4, 0.5) is 5.69 Å². The fourth-order valence-electron chi connectivity index (χ4n) is 2.51. The lowest BCUT2D eigenvalue weighted by molar-refractivity contribution is 0.600. The van der Waals surface area contributed by atoms with Gasteiger partial charge in [-0.05, 0) is 36.0 Å². The second-order valence-corrected chi connectivity index (χ2v) is 5.84. The standard InChI is InChI=1S/C14H22N2S/c1-2-17-10-8-13(11-15)16-9-7-12-5-3-4-6-14(12)16/h3-6,13H,2,7-11,15H2,1H3. The summed E-state index contributed by atoms with van der Waals surface area (Å²) < 4.78 is 0. The van der Waals surface area contributed by atoms with Crippen LogP contribution in [0.5, 0.6) is 0 Å². The predicted octanol–water partition coefficient (Wildman–Crippen LogP) is 2.52. The third-order valence-corrected chi connectivity index (χ3v) is 4.37. The molecule has 1 atom stereocenters. The quantitative estimate of drug-likeness (QED) is 0.787. The number of fused-ring (bicyclic) bond motifs is 1. The van der Waals surface area contributed by atoms with E-state index < -0.39 is 0 Å². The van der Waals surface area contributed by atoms with Gasteiger partial charge in [0.15, 0.2) is 0 Å². The summed E-state index contributed by atoms with van der Waals surface area (Å²) in [4.78, 5) is 2.51. The predicted molar refractivity (Wildman–Crippen MR) is 78.0 cm³/mol.